The van der Waals surface area contributed by atoms with Crippen molar-refractivity contribution in [2.75, 3.05) is 29.4 Å². The van der Waals surface area contributed by atoms with Crippen molar-refractivity contribution in [3.63, 3.8) is 0 Å². The SMILES string of the molecule is Cc1cnc(N(c2ccccc2)c2ccc3ccc4c(N(c5ccccc5)c5ccccc5)ccc5ccc2c3c54)c(-c2ccccc2)c1.c1ccc(-c2ccnc(N(c3ccccc3)c3ccc4ccc5c(N(c6ccccc6)c6ccccc6)ccc6ccc3c4c65)n2)cc1.c1ccc(-c2cnc(N(c3ccccc3)c3ccc4ccc5c(N(c6ccccc6)c6ccccc6)ccc6ccc3c4c65)nc2)cc1. The Kier molecular flexibility index (Phi) is 23.0. The van der Waals surface area contributed by atoms with Gasteiger partial charge in [-0.2, -0.15) is 0 Å². The summed E-state index contributed by atoms with van der Waals surface area (Å²) in [5.74, 6) is 2.14. The Morgan fingerprint density at radius 1 is 0.172 bits per heavy atom. The van der Waals surface area contributed by atoms with Crippen LogP contribution in [0.4, 0.5) is 103 Å². The van der Waals surface area contributed by atoms with Crippen LogP contribution in [0.1, 0.15) is 5.56 Å². The summed E-state index contributed by atoms with van der Waals surface area (Å²) in [6.45, 7) is 2.11. The molecule has 145 heavy (non-hydrogen) atoms. The van der Waals surface area contributed by atoms with Crippen molar-refractivity contribution in [1.29, 1.82) is 0 Å². The first-order valence-corrected chi connectivity index (χ1v) is 49.1. The predicted octanol–water partition coefficient (Wildman–Crippen LogP) is 36.9. The predicted molar refractivity (Wildman–Crippen MR) is 609 cm³/mol. The molecule has 0 N–H and O–H groups in total. The van der Waals surface area contributed by atoms with Crippen LogP contribution in [0.3, 0.4) is 0 Å². The average molecular weight is 1860 g/mol. The van der Waals surface area contributed by atoms with Gasteiger partial charge in [0, 0.05) is 125 Å². The molecule has 0 amide bonds. The summed E-state index contributed by atoms with van der Waals surface area (Å²) < 4.78 is 0. The maximum Gasteiger partial charge on any atom is 0.235 e. The smallest absolute Gasteiger partial charge is 0.235 e. The molecule has 3 aromatic heterocycles. The number of rotatable bonds is 21. The highest BCUT2D eigenvalue weighted by Gasteiger charge is 2.30. The lowest BCUT2D eigenvalue weighted by Crippen LogP contribution is -2.14. The minimum Gasteiger partial charge on any atom is -0.310 e. The van der Waals surface area contributed by atoms with Crippen LogP contribution in [-0.4, -0.2) is 24.9 Å². The molecular weight excluding hydrogens is 1760 g/mol. The average Bonchev–Trinajstić information content (AvgIpc) is 0.726. The topological polar surface area (TPSA) is 83.9 Å². The molecule has 0 fully saturated rings. The molecule has 684 valence electrons. The van der Waals surface area contributed by atoms with Gasteiger partial charge in [0.2, 0.25) is 11.9 Å². The summed E-state index contributed by atoms with van der Waals surface area (Å²) in [6, 6.07) is 185. The second kappa shape index (κ2) is 38.4. The lowest BCUT2D eigenvalue weighted by molar-refractivity contribution is 1.09. The number of para-hydroxylation sites is 9. The normalized spacial score (nSPS) is 11.3. The van der Waals surface area contributed by atoms with E-state index < -0.39 is 0 Å². The van der Waals surface area contributed by atoms with Gasteiger partial charge in [0.15, 0.2) is 0 Å². The Morgan fingerprint density at radius 2 is 0.407 bits per heavy atom. The van der Waals surface area contributed by atoms with Crippen molar-refractivity contribution in [2.24, 2.45) is 0 Å². The molecule has 11 nitrogen and oxygen atoms in total. The fraction of sp³-hybridized carbons (Fsp3) is 0.00746. The van der Waals surface area contributed by atoms with Crippen LogP contribution in [0, 0.1) is 6.92 Å². The third-order valence-corrected chi connectivity index (χ3v) is 27.6. The van der Waals surface area contributed by atoms with E-state index in [9.17, 15) is 0 Å². The largest absolute Gasteiger partial charge is 0.310 e. The third kappa shape index (κ3) is 16.4. The standard InChI is InChI=1S/C46H33N3.2C44H30N4/c1-32-30-41(33-14-6-2-7-15-33)46(47-31-32)49(38-20-12-5-13-21-38)43-29-25-35-22-26-39-42(28-24-34-23-27-40(43)45(35)44(34)39)48(36-16-8-3-9-17-36)37-18-10-4-11-19-37;1-5-13-31(14-6-1)34-29-45-44(46-30-34)48(37-19-11-4-12-20-37)41-28-24-33-21-25-38-40(27-23-32-22-26-39(41)43(33)42(32)38)47(35-15-7-2-8-16-35)36-17-9-3-10-18-36;1-5-13-31(14-6-1)39-29-30-45-44(46-39)48(36-19-11-4-12-20-36)41-28-24-33-21-25-37-40(27-23-32-22-26-38(41)43(33)42(32)37)47(34-15-7-2-8-16-34)35-17-9-3-10-18-35/h2-31H,1H3;2*1-30H. The highest BCUT2D eigenvalue weighted by molar-refractivity contribution is 6.31. The fourth-order valence-corrected chi connectivity index (χ4v) is 21.1. The van der Waals surface area contributed by atoms with Gasteiger partial charge < -0.3 is 14.7 Å². The number of nitrogens with zero attached hydrogens (tertiary/aromatic N) is 11. The van der Waals surface area contributed by atoms with Crippen LogP contribution in [0.2, 0.25) is 0 Å². The molecule has 27 rings (SSSR count). The monoisotopic (exact) mass is 1860 g/mol. The van der Waals surface area contributed by atoms with Crippen LogP contribution in [0.5, 0.6) is 0 Å². The fourth-order valence-electron chi connectivity index (χ4n) is 21.1. The second-order valence-electron chi connectivity index (χ2n) is 36.3. The highest BCUT2D eigenvalue weighted by atomic mass is 15.3. The van der Waals surface area contributed by atoms with Crippen molar-refractivity contribution < 1.29 is 0 Å². The number of aryl methyl sites for hydroxylation is 1. The van der Waals surface area contributed by atoms with Crippen molar-refractivity contribution in [2.45, 2.75) is 6.92 Å². The van der Waals surface area contributed by atoms with Crippen molar-refractivity contribution in [1.82, 2.24) is 24.9 Å². The molecule has 0 saturated heterocycles. The van der Waals surface area contributed by atoms with Crippen LogP contribution >= 0.6 is 0 Å². The van der Waals surface area contributed by atoms with E-state index in [0.717, 1.165) is 141 Å². The van der Waals surface area contributed by atoms with E-state index in [1.54, 1.807) is 0 Å². The summed E-state index contributed by atoms with van der Waals surface area (Å²) in [7, 11) is 0. The summed E-state index contributed by atoms with van der Waals surface area (Å²) in [5, 5.41) is 21.8. The molecule has 0 aliphatic carbocycles. The van der Waals surface area contributed by atoms with Gasteiger partial charge in [-0.1, -0.05) is 364 Å². The van der Waals surface area contributed by atoms with Gasteiger partial charge in [0.1, 0.15) is 5.82 Å². The minimum absolute atomic E-state index is 0.621. The molecular formula is C134H93N11. The number of aromatic nitrogens is 5. The molecule has 0 saturated carbocycles. The summed E-state index contributed by atoms with van der Waals surface area (Å²) in [5.41, 5.74) is 23.7. The van der Waals surface area contributed by atoms with Gasteiger partial charge in [0.25, 0.3) is 0 Å². The molecule has 24 aromatic carbocycles. The zero-order valence-corrected chi connectivity index (χ0v) is 79.4. The maximum atomic E-state index is 5.14. The Balaban J connectivity index is 0.000000114. The van der Waals surface area contributed by atoms with Gasteiger partial charge in [-0.25, -0.2) is 24.9 Å². The molecule has 11 heteroatoms. The Labute approximate surface area is 841 Å². The highest BCUT2D eigenvalue weighted by Crippen LogP contribution is 2.54. The quantitative estimate of drug-likeness (QED) is 0.0645. The van der Waals surface area contributed by atoms with Crippen LogP contribution in [-0.2, 0) is 0 Å². The molecule has 0 atom stereocenters. The van der Waals surface area contributed by atoms with Crippen LogP contribution < -0.4 is 29.4 Å². The molecule has 0 radical (unpaired) electrons. The van der Waals surface area contributed by atoms with Crippen LogP contribution in [0.15, 0.2) is 546 Å². The molecule has 0 unspecified atom stereocenters. The first-order chi connectivity index (χ1) is 71.9. The zero-order chi connectivity index (χ0) is 96.5. The van der Waals surface area contributed by atoms with Gasteiger partial charge in [-0.05, 0) is 246 Å². The summed E-state index contributed by atoms with van der Waals surface area (Å²) in [6.07, 6.45) is 7.65. The van der Waals surface area contributed by atoms with Crippen molar-refractivity contribution in [3.05, 3.63) is 552 Å². The molecule has 0 bridgehead atoms. The van der Waals surface area contributed by atoms with Gasteiger partial charge in [0.05, 0.1) is 39.8 Å². The van der Waals surface area contributed by atoms with Gasteiger partial charge in [-0.3, -0.25) is 14.7 Å². The van der Waals surface area contributed by atoms with E-state index in [-0.39, 0.29) is 0 Å². The number of hydrogen-bond acceptors (Lipinski definition) is 11. The molecule has 27 aromatic rings. The number of pyridine rings is 1. The van der Waals surface area contributed by atoms with E-state index in [1.807, 2.05) is 79.4 Å². The number of benzene rings is 24. The number of hydrogen-bond donors (Lipinski definition) is 0. The van der Waals surface area contributed by atoms with E-state index >= 15 is 0 Å². The summed E-state index contributed by atoms with van der Waals surface area (Å²) >= 11 is 0. The van der Waals surface area contributed by atoms with E-state index in [2.05, 4.69) is 503 Å². The summed E-state index contributed by atoms with van der Waals surface area (Å²) in [4.78, 5) is 38.7. The first-order valence-electron chi connectivity index (χ1n) is 49.1. The number of anilines is 18. The zero-order valence-electron chi connectivity index (χ0n) is 79.4. The molecule has 3 heterocycles. The molecule has 0 spiro atoms. The second-order valence-corrected chi connectivity index (χ2v) is 36.3. The first kappa shape index (κ1) is 87.0. The molecule has 0 aliphatic heterocycles. The molecule has 0 aliphatic rings. The maximum absolute atomic E-state index is 5.14. The lowest BCUT2D eigenvalue weighted by Gasteiger charge is -2.29. The van der Waals surface area contributed by atoms with E-state index in [0.29, 0.717) is 11.9 Å². The van der Waals surface area contributed by atoms with Crippen molar-refractivity contribution in [3.8, 4) is 33.5 Å². The van der Waals surface area contributed by atoms with E-state index in [1.165, 1.54) is 86.2 Å². The third-order valence-electron chi connectivity index (χ3n) is 27.6. The Bertz CT molecular complexity index is 9120. The Morgan fingerprint density at radius 3 is 0.703 bits per heavy atom. The minimum atomic E-state index is 0.621. The lowest BCUT2D eigenvalue weighted by atomic mass is 9.91. The van der Waals surface area contributed by atoms with Crippen LogP contribution in [0.25, 0.3) is 130 Å². The van der Waals surface area contributed by atoms with Gasteiger partial charge in [-0.15, -0.1) is 0 Å². The van der Waals surface area contributed by atoms with E-state index in [4.69, 9.17) is 24.9 Å². The van der Waals surface area contributed by atoms with Crippen molar-refractivity contribution >= 4 is 200 Å². The Hall–Kier alpha value is -19.5. The van der Waals surface area contributed by atoms with Gasteiger partial charge >= 0.3 is 0 Å².